The lowest BCUT2D eigenvalue weighted by atomic mass is 9.92. The Morgan fingerprint density at radius 3 is 1.85 bits per heavy atom. The lowest BCUT2D eigenvalue weighted by Crippen LogP contribution is -2.25. The Labute approximate surface area is 81.3 Å². The average molecular weight is 186 g/mol. The second kappa shape index (κ2) is 4.25. The molecule has 0 aromatic heterocycles. The fourth-order valence-corrected chi connectivity index (χ4v) is 1.28. The summed E-state index contributed by atoms with van der Waals surface area (Å²) in [6, 6.07) is 0. The van der Waals surface area contributed by atoms with Crippen LogP contribution in [0.5, 0.6) is 0 Å². The Morgan fingerprint density at radius 1 is 1.08 bits per heavy atom. The monoisotopic (exact) mass is 186 g/mol. The van der Waals surface area contributed by atoms with Crippen LogP contribution in [-0.4, -0.2) is 21.4 Å². The third kappa shape index (κ3) is 8.00. The van der Waals surface area contributed by atoms with Crippen LogP contribution in [0, 0.1) is 5.92 Å². The number of hydrogen-bond acceptors (Lipinski definition) is 2. The summed E-state index contributed by atoms with van der Waals surface area (Å²) in [6.07, 6.45) is 4.02. The second-order valence-corrected chi connectivity index (χ2v) is 4.94. The Hall–Kier alpha value is -0.340. The van der Waals surface area contributed by atoms with Crippen molar-refractivity contribution >= 4 is 0 Å². The smallest absolute Gasteiger partial charge is 0.0803 e. The van der Waals surface area contributed by atoms with Crippen LogP contribution in [0.15, 0.2) is 12.2 Å². The van der Waals surface area contributed by atoms with E-state index in [0.717, 1.165) is 0 Å². The maximum Gasteiger partial charge on any atom is 0.0803 e. The topological polar surface area (TPSA) is 40.5 Å². The zero-order valence-electron chi connectivity index (χ0n) is 9.33. The van der Waals surface area contributed by atoms with Gasteiger partial charge in [0.2, 0.25) is 0 Å². The van der Waals surface area contributed by atoms with Gasteiger partial charge in [-0.3, -0.25) is 0 Å². The Bertz CT molecular complexity index is 173. The normalized spacial score (nSPS) is 18.2. The molecule has 0 rings (SSSR count). The quantitative estimate of drug-likeness (QED) is 0.660. The molecule has 0 aliphatic heterocycles. The summed E-state index contributed by atoms with van der Waals surface area (Å²) in [7, 11) is 0. The molecule has 78 valence electrons. The Kier molecular flexibility index (Phi) is 4.14. The Morgan fingerprint density at radius 2 is 1.54 bits per heavy atom. The largest absolute Gasteiger partial charge is 0.386 e. The molecular weight excluding hydrogens is 164 g/mol. The van der Waals surface area contributed by atoms with E-state index in [0.29, 0.717) is 12.3 Å². The van der Waals surface area contributed by atoms with E-state index in [1.807, 2.05) is 0 Å². The molecule has 1 atom stereocenters. The van der Waals surface area contributed by atoms with Gasteiger partial charge in [0.1, 0.15) is 0 Å². The predicted octanol–water partition coefficient (Wildman–Crippen LogP) is 2.11. The summed E-state index contributed by atoms with van der Waals surface area (Å²) in [5.41, 5.74) is -1.66. The summed E-state index contributed by atoms with van der Waals surface area (Å²) >= 11 is 0. The molecule has 0 spiro atoms. The van der Waals surface area contributed by atoms with Crippen molar-refractivity contribution in [1.29, 1.82) is 0 Å². The van der Waals surface area contributed by atoms with Gasteiger partial charge in [-0.25, -0.2) is 0 Å². The minimum absolute atomic E-state index is 0.446. The molecule has 0 amide bonds. The lowest BCUT2D eigenvalue weighted by molar-refractivity contribution is 0.0814. The van der Waals surface area contributed by atoms with Crippen LogP contribution in [0.25, 0.3) is 0 Å². The first-order valence-electron chi connectivity index (χ1n) is 4.77. The van der Waals surface area contributed by atoms with Crippen molar-refractivity contribution in [3.63, 3.8) is 0 Å². The highest BCUT2D eigenvalue weighted by molar-refractivity contribution is 5.04. The maximum atomic E-state index is 9.85. The van der Waals surface area contributed by atoms with Gasteiger partial charge in [-0.05, 0) is 33.1 Å². The molecule has 0 radical (unpaired) electrons. The van der Waals surface area contributed by atoms with Gasteiger partial charge in [0.25, 0.3) is 0 Å². The fraction of sp³-hybridized carbons (Fsp3) is 0.818. The van der Waals surface area contributed by atoms with E-state index in [4.69, 9.17) is 0 Å². The SMILES string of the molecule is CC(C)CC(C)(O)/C=C/C(C)(C)O. The molecule has 2 nitrogen and oxygen atoms in total. The predicted molar refractivity (Wildman–Crippen MR) is 55.5 cm³/mol. The number of aliphatic hydroxyl groups is 2. The summed E-state index contributed by atoms with van der Waals surface area (Å²) in [4.78, 5) is 0. The molecule has 0 aromatic rings. The first-order valence-corrected chi connectivity index (χ1v) is 4.77. The van der Waals surface area contributed by atoms with E-state index in [1.165, 1.54) is 0 Å². The molecule has 0 aliphatic carbocycles. The van der Waals surface area contributed by atoms with E-state index in [2.05, 4.69) is 13.8 Å². The van der Waals surface area contributed by atoms with Gasteiger partial charge < -0.3 is 10.2 Å². The third-order valence-corrected chi connectivity index (χ3v) is 1.67. The van der Waals surface area contributed by atoms with Crippen molar-refractivity contribution in [2.75, 3.05) is 0 Å². The van der Waals surface area contributed by atoms with Crippen molar-refractivity contribution in [3.05, 3.63) is 12.2 Å². The molecule has 13 heavy (non-hydrogen) atoms. The van der Waals surface area contributed by atoms with Gasteiger partial charge >= 0.3 is 0 Å². The molecule has 0 fully saturated rings. The summed E-state index contributed by atoms with van der Waals surface area (Å²) in [6.45, 7) is 9.26. The zero-order valence-corrected chi connectivity index (χ0v) is 9.33. The minimum atomic E-state index is -0.846. The van der Waals surface area contributed by atoms with E-state index >= 15 is 0 Å². The van der Waals surface area contributed by atoms with Gasteiger partial charge in [0.05, 0.1) is 11.2 Å². The van der Waals surface area contributed by atoms with Crippen molar-refractivity contribution in [3.8, 4) is 0 Å². The van der Waals surface area contributed by atoms with E-state index in [-0.39, 0.29) is 0 Å². The molecule has 0 saturated heterocycles. The maximum absolute atomic E-state index is 9.85. The van der Waals surface area contributed by atoms with Crippen molar-refractivity contribution in [2.24, 2.45) is 5.92 Å². The van der Waals surface area contributed by atoms with Gasteiger partial charge in [-0.1, -0.05) is 26.0 Å². The van der Waals surface area contributed by atoms with Gasteiger partial charge in [-0.2, -0.15) is 0 Å². The van der Waals surface area contributed by atoms with Crippen LogP contribution in [0.2, 0.25) is 0 Å². The van der Waals surface area contributed by atoms with Crippen LogP contribution in [-0.2, 0) is 0 Å². The minimum Gasteiger partial charge on any atom is -0.386 e. The van der Waals surface area contributed by atoms with Gasteiger partial charge in [0, 0.05) is 0 Å². The van der Waals surface area contributed by atoms with Gasteiger partial charge in [0.15, 0.2) is 0 Å². The lowest BCUT2D eigenvalue weighted by Gasteiger charge is -2.22. The highest BCUT2D eigenvalue weighted by atomic mass is 16.3. The van der Waals surface area contributed by atoms with Crippen LogP contribution >= 0.6 is 0 Å². The van der Waals surface area contributed by atoms with Crippen molar-refractivity contribution in [2.45, 2.75) is 52.2 Å². The standard InChI is InChI=1S/C11H22O2/c1-9(2)8-11(5,13)7-6-10(3,4)12/h6-7,9,12-13H,8H2,1-5H3/b7-6+. The first kappa shape index (κ1) is 12.7. The number of rotatable bonds is 4. The van der Waals surface area contributed by atoms with Gasteiger partial charge in [-0.15, -0.1) is 0 Å². The molecule has 2 N–H and O–H groups in total. The van der Waals surface area contributed by atoms with Crippen molar-refractivity contribution in [1.82, 2.24) is 0 Å². The highest BCUT2D eigenvalue weighted by Gasteiger charge is 2.19. The molecule has 0 saturated carbocycles. The average Bonchev–Trinajstić information content (AvgIpc) is 1.79. The molecule has 0 aromatic carbocycles. The van der Waals surface area contributed by atoms with Crippen LogP contribution in [0.4, 0.5) is 0 Å². The second-order valence-electron chi connectivity index (χ2n) is 4.94. The molecule has 1 unspecified atom stereocenters. The zero-order chi connectivity index (χ0) is 10.7. The number of hydrogen-bond donors (Lipinski definition) is 2. The summed E-state index contributed by atoms with van der Waals surface area (Å²) in [5, 5.41) is 19.3. The Balaban J connectivity index is 4.24. The molecular formula is C11H22O2. The van der Waals surface area contributed by atoms with Crippen LogP contribution in [0.1, 0.15) is 41.0 Å². The summed E-state index contributed by atoms with van der Waals surface area (Å²) in [5.74, 6) is 0.446. The fourth-order valence-electron chi connectivity index (χ4n) is 1.28. The van der Waals surface area contributed by atoms with E-state index in [9.17, 15) is 10.2 Å². The van der Waals surface area contributed by atoms with E-state index < -0.39 is 11.2 Å². The van der Waals surface area contributed by atoms with Crippen LogP contribution < -0.4 is 0 Å². The molecule has 0 bridgehead atoms. The molecule has 0 aliphatic rings. The third-order valence-electron chi connectivity index (χ3n) is 1.67. The summed E-state index contributed by atoms with van der Waals surface area (Å²) < 4.78 is 0. The van der Waals surface area contributed by atoms with E-state index in [1.54, 1.807) is 32.9 Å². The van der Waals surface area contributed by atoms with Crippen molar-refractivity contribution < 1.29 is 10.2 Å². The molecule has 0 heterocycles. The first-order chi connectivity index (χ1) is 5.62. The highest BCUT2D eigenvalue weighted by Crippen LogP contribution is 2.19. The molecule has 2 heteroatoms. The van der Waals surface area contributed by atoms with Crippen LogP contribution in [0.3, 0.4) is 0 Å².